The van der Waals surface area contributed by atoms with Crippen LogP contribution >= 0.6 is 0 Å². The lowest BCUT2D eigenvalue weighted by Crippen LogP contribution is -2.45. The van der Waals surface area contributed by atoms with Crippen LogP contribution in [0.1, 0.15) is 43.5 Å². The molecule has 1 saturated carbocycles. The number of ether oxygens (including phenoxy) is 1. The van der Waals surface area contributed by atoms with Crippen LogP contribution in [0.3, 0.4) is 0 Å². The number of amides is 2. The first kappa shape index (κ1) is 19.0. The molecule has 25 heavy (non-hydrogen) atoms. The van der Waals surface area contributed by atoms with Crippen molar-refractivity contribution in [1.29, 1.82) is 0 Å². The summed E-state index contributed by atoms with van der Waals surface area (Å²) in [6.45, 7) is 3.74. The third-order valence-corrected chi connectivity index (χ3v) is 4.85. The van der Waals surface area contributed by atoms with E-state index >= 15 is 0 Å². The summed E-state index contributed by atoms with van der Waals surface area (Å²) < 4.78 is 4.93. The first-order chi connectivity index (χ1) is 12.0. The Morgan fingerprint density at radius 1 is 1.12 bits per heavy atom. The van der Waals surface area contributed by atoms with Gasteiger partial charge in [-0.1, -0.05) is 44.9 Å². The molecule has 0 heterocycles. The molecule has 6 nitrogen and oxygen atoms in total. The van der Waals surface area contributed by atoms with Crippen molar-refractivity contribution < 1.29 is 19.1 Å². The van der Waals surface area contributed by atoms with Crippen LogP contribution in [-0.4, -0.2) is 37.0 Å². The van der Waals surface area contributed by atoms with Crippen LogP contribution in [0.2, 0.25) is 0 Å². The first-order valence-electron chi connectivity index (χ1n) is 8.75. The summed E-state index contributed by atoms with van der Waals surface area (Å²) in [5.41, 5.74) is 0.466. The minimum atomic E-state index is -0.635. The highest BCUT2D eigenvalue weighted by Gasteiger charge is 2.28. The van der Waals surface area contributed by atoms with E-state index in [1.807, 2.05) is 0 Å². The van der Waals surface area contributed by atoms with Gasteiger partial charge in [0.15, 0.2) is 6.61 Å². The monoisotopic (exact) mass is 346 g/mol. The lowest BCUT2D eigenvalue weighted by Gasteiger charge is -2.34. The summed E-state index contributed by atoms with van der Waals surface area (Å²) in [5.74, 6) is -0.293. The third kappa shape index (κ3) is 5.89. The van der Waals surface area contributed by atoms with E-state index < -0.39 is 5.97 Å². The summed E-state index contributed by atoms with van der Waals surface area (Å²) >= 11 is 0. The highest BCUT2D eigenvalue weighted by atomic mass is 16.5. The normalized spacial score (nSPS) is 22.7. The molecule has 0 aliphatic heterocycles. The fourth-order valence-electron chi connectivity index (χ4n) is 3.08. The molecule has 0 spiro atoms. The molecular weight excluding hydrogens is 320 g/mol. The minimum absolute atomic E-state index is 0.132. The van der Waals surface area contributed by atoms with Crippen LogP contribution in [-0.2, 0) is 14.3 Å². The van der Waals surface area contributed by atoms with Crippen LogP contribution in [0.25, 0.3) is 0 Å². The number of nitrogens with one attached hydrogen (secondary N) is 2. The Morgan fingerprint density at radius 3 is 2.56 bits per heavy atom. The molecular formula is C19H26N2O4. The fourth-order valence-corrected chi connectivity index (χ4v) is 3.08. The second-order valence-corrected chi connectivity index (χ2v) is 6.65. The Labute approximate surface area is 148 Å². The van der Waals surface area contributed by atoms with Crippen LogP contribution in [0.4, 0.5) is 0 Å². The summed E-state index contributed by atoms with van der Waals surface area (Å²) in [6, 6.07) is 8.72. The predicted octanol–water partition coefficient (Wildman–Crippen LogP) is 1.90. The second kappa shape index (κ2) is 9.20. The Morgan fingerprint density at radius 2 is 1.84 bits per heavy atom. The topological polar surface area (TPSA) is 84.5 Å². The van der Waals surface area contributed by atoms with Gasteiger partial charge in [0, 0.05) is 11.6 Å². The van der Waals surface area contributed by atoms with Crippen molar-refractivity contribution in [3.8, 4) is 0 Å². The smallest absolute Gasteiger partial charge is 0.325 e. The largest absolute Gasteiger partial charge is 0.454 e. The number of benzene rings is 1. The van der Waals surface area contributed by atoms with Gasteiger partial charge in [0.25, 0.3) is 11.8 Å². The zero-order valence-electron chi connectivity index (χ0n) is 14.8. The highest BCUT2D eigenvalue weighted by Crippen LogP contribution is 2.29. The Balaban J connectivity index is 1.67. The first-order valence-corrected chi connectivity index (χ1v) is 8.75. The average Bonchev–Trinajstić information content (AvgIpc) is 2.62. The number of carbonyl (C=O) groups is 3. The van der Waals surface area contributed by atoms with Gasteiger partial charge >= 0.3 is 5.97 Å². The molecule has 0 aromatic heterocycles. The van der Waals surface area contributed by atoms with Gasteiger partial charge in [0.1, 0.15) is 6.54 Å². The standard InChI is InChI=1S/C19H26N2O4/c1-13-7-6-10-16(14(13)2)21-17(22)12-25-18(23)11-20-19(24)15-8-4-3-5-9-15/h3-5,8-9,13-14,16H,6-7,10-12H2,1-2H3,(H,20,24)(H,21,22)/t13-,14+,16+/m0/s1. The second-order valence-electron chi connectivity index (χ2n) is 6.65. The minimum Gasteiger partial charge on any atom is -0.454 e. The van der Waals surface area contributed by atoms with Gasteiger partial charge < -0.3 is 15.4 Å². The number of esters is 1. The van der Waals surface area contributed by atoms with Crippen LogP contribution < -0.4 is 10.6 Å². The summed E-state index contributed by atoms with van der Waals surface area (Å²) in [7, 11) is 0. The number of hydrogen-bond acceptors (Lipinski definition) is 4. The van der Waals surface area contributed by atoms with Crippen molar-refractivity contribution >= 4 is 17.8 Å². The predicted molar refractivity (Wildman–Crippen MR) is 93.8 cm³/mol. The molecule has 0 radical (unpaired) electrons. The van der Waals surface area contributed by atoms with Crippen molar-refractivity contribution in [3.05, 3.63) is 35.9 Å². The molecule has 1 fully saturated rings. The molecule has 2 N–H and O–H groups in total. The van der Waals surface area contributed by atoms with E-state index in [4.69, 9.17) is 4.74 Å². The molecule has 6 heteroatoms. The van der Waals surface area contributed by atoms with E-state index in [9.17, 15) is 14.4 Å². The van der Waals surface area contributed by atoms with E-state index in [0.29, 0.717) is 17.4 Å². The highest BCUT2D eigenvalue weighted by molar-refractivity contribution is 5.96. The number of hydrogen-bond donors (Lipinski definition) is 2. The Kier molecular flexibility index (Phi) is 6.98. The van der Waals surface area contributed by atoms with Crippen LogP contribution in [0, 0.1) is 11.8 Å². The third-order valence-electron chi connectivity index (χ3n) is 4.85. The molecule has 0 saturated heterocycles. The van der Waals surface area contributed by atoms with Gasteiger partial charge in [-0.05, 0) is 30.4 Å². The van der Waals surface area contributed by atoms with Gasteiger partial charge in [0.2, 0.25) is 0 Å². The van der Waals surface area contributed by atoms with Gasteiger partial charge in [-0.15, -0.1) is 0 Å². The summed E-state index contributed by atoms with van der Waals surface area (Å²) in [5, 5.41) is 5.41. The van der Waals surface area contributed by atoms with Crippen molar-refractivity contribution in [1.82, 2.24) is 10.6 Å². The molecule has 1 aromatic carbocycles. The molecule has 0 unspecified atom stereocenters. The average molecular weight is 346 g/mol. The van der Waals surface area contributed by atoms with Crippen molar-refractivity contribution in [3.63, 3.8) is 0 Å². The van der Waals surface area contributed by atoms with Crippen LogP contribution in [0.15, 0.2) is 30.3 Å². The quantitative estimate of drug-likeness (QED) is 0.771. The molecule has 2 rings (SSSR count). The van der Waals surface area contributed by atoms with Crippen molar-refractivity contribution in [2.24, 2.45) is 11.8 Å². The Bertz CT molecular complexity index is 603. The molecule has 2 amide bonds. The van der Waals surface area contributed by atoms with Crippen molar-refractivity contribution in [2.75, 3.05) is 13.2 Å². The van der Waals surface area contributed by atoms with E-state index in [-0.39, 0.29) is 31.0 Å². The van der Waals surface area contributed by atoms with Gasteiger partial charge in [-0.3, -0.25) is 14.4 Å². The number of carbonyl (C=O) groups excluding carboxylic acids is 3. The van der Waals surface area contributed by atoms with Crippen molar-refractivity contribution in [2.45, 2.75) is 39.2 Å². The zero-order chi connectivity index (χ0) is 18.2. The maximum Gasteiger partial charge on any atom is 0.325 e. The maximum absolute atomic E-state index is 12.0. The number of rotatable bonds is 6. The fraction of sp³-hybridized carbons (Fsp3) is 0.526. The molecule has 3 atom stereocenters. The molecule has 1 aliphatic rings. The maximum atomic E-state index is 12.0. The molecule has 136 valence electrons. The van der Waals surface area contributed by atoms with Gasteiger partial charge in [-0.25, -0.2) is 0 Å². The molecule has 1 aliphatic carbocycles. The van der Waals surface area contributed by atoms with Gasteiger partial charge in [-0.2, -0.15) is 0 Å². The Hall–Kier alpha value is -2.37. The zero-order valence-corrected chi connectivity index (χ0v) is 14.8. The van der Waals surface area contributed by atoms with E-state index in [2.05, 4.69) is 24.5 Å². The van der Waals surface area contributed by atoms with Gasteiger partial charge in [0.05, 0.1) is 0 Å². The van der Waals surface area contributed by atoms with Crippen LogP contribution in [0.5, 0.6) is 0 Å². The lowest BCUT2D eigenvalue weighted by molar-refractivity contribution is -0.147. The SMILES string of the molecule is C[C@@H]1[C@@H](C)CCC[C@H]1NC(=O)COC(=O)CNC(=O)c1ccccc1. The molecule has 1 aromatic rings. The van der Waals surface area contributed by atoms with E-state index in [1.165, 1.54) is 6.42 Å². The summed E-state index contributed by atoms with van der Waals surface area (Å²) in [6.07, 6.45) is 3.24. The van der Waals surface area contributed by atoms with E-state index in [1.54, 1.807) is 30.3 Å². The lowest BCUT2D eigenvalue weighted by atomic mass is 9.78. The summed E-state index contributed by atoms with van der Waals surface area (Å²) in [4.78, 5) is 35.4. The molecule has 0 bridgehead atoms. The van der Waals surface area contributed by atoms with E-state index in [0.717, 1.165) is 12.8 Å².